The first-order valence-corrected chi connectivity index (χ1v) is 9.94. The molecule has 0 saturated heterocycles. The number of hydrogen-bond donors (Lipinski definition) is 1. The Hall–Kier alpha value is -3.81. The Balaban J connectivity index is 1.48. The van der Waals surface area contributed by atoms with Gasteiger partial charge >= 0.3 is 5.97 Å². The minimum atomic E-state index is -0.570. The maximum atomic E-state index is 12.8. The molecule has 0 aliphatic rings. The van der Waals surface area contributed by atoms with E-state index in [4.69, 9.17) is 9.47 Å². The average Bonchev–Trinajstić information content (AvgIpc) is 2.99. The molecule has 1 amide bonds. The van der Waals surface area contributed by atoms with Gasteiger partial charge in [0.25, 0.3) is 11.5 Å². The third-order valence-corrected chi connectivity index (χ3v) is 4.72. The fourth-order valence-corrected chi connectivity index (χ4v) is 3.03. The van der Waals surface area contributed by atoms with Gasteiger partial charge in [0.2, 0.25) is 0 Å². The Kier molecular flexibility index (Phi) is 7.26. The van der Waals surface area contributed by atoms with Crippen LogP contribution in [0.1, 0.15) is 18.5 Å². The minimum absolute atomic E-state index is 0.130. The van der Waals surface area contributed by atoms with Crippen molar-refractivity contribution in [1.29, 1.82) is 0 Å². The van der Waals surface area contributed by atoms with Crippen LogP contribution < -0.4 is 15.6 Å². The number of anilines is 1. The number of carbonyl (C=O) groups excluding carboxylic acids is 2. The molecule has 8 nitrogen and oxygen atoms in total. The lowest BCUT2D eigenvalue weighted by atomic mass is 10.3. The van der Waals surface area contributed by atoms with Crippen LogP contribution in [0.2, 0.25) is 0 Å². The smallest absolute Gasteiger partial charge is 0.306 e. The number of amides is 1. The molecular weight excluding hydrogens is 398 g/mol. The summed E-state index contributed by atoms with van der Waals surface area (Å²) in [5.41, 5.74) is 1.07. The van der Waals surface area contributed by atoms with Crippen LogP contribution in [0.3, 0.4) is 0 Å². The third-order valence-electron chi connectivity index (χ3n) is 4.72. The molecule has 0 unspecified atom stereocenters. The number of benzene rings is 2. The second-order valence-electron chi connectivity index (χ2n) is 6.91. The van der Waals surface area contributed by atoms with Gasteiger partial charge in [0, 0.05) is 13.5 Å². The van der Waals surface area contributed by atoms with E-state index in [1.165, 1.54) is 4.68 Å². The highest BCUT2D eigenvalue weighted by atomic mass is 16.5. The van der Waals surface area contributed by atoms with E-state index in [2.05, 4.69) is 5.32 Å². The minimum Gasteiger partial charge on any atom is -0.494 e. The Morgan fingerprint density at radius 2 is 1.65 bits per heavy atom. The fourth-order valence-electron chi connectivity index (χ4n) is 3.03. The zero-order valence-corrected chi connectivity index (χ0v) is 17.5. The summed E-state index contributed by atoms with van der Waals surface area (Å²) in [6.07, 6.45) is 0.597. The first-order valence-electron chi connectivity index (χ1n) is 9.94. The van der Waals surface area contributed by atoms with Gasteiger partial charge in [-0.3, -0.25) is 19.1 Å². The SMILES string of the molecule is Cc1c(NC(=O)COC(=O)CCCOc2ccccc2)c(=O)n(-c2ccccc2)n1C. The quantitative estimate of drug-likeness (QED) is 0.422. The van der Waals surface area contributed by atoms with Crippen LogP contribution in [-0.2, 0) is 21.4 Å². The van der Waals surface area contributed by atoms with E-state index in [9.17, 15) is 14.4 Å². The van der Waals surface area contributed by atoms with Gasteiger partial charge in [-0.2, -0.15) is 0 Å². The van der Waals surface area contributed by atoms with Crippen molar-refractivity contribution in [3.05, 3.63) is 76.7 Å². The monoisotopic (exact) mass is 423 g/mol. The van der Waals surface area contributed by atoms with E-state index in [0.29, 0.717) is 24.4 Å². The molecule has 162 valence electrons. The Labute approximate surface area is 180 Å². The molecular formula is C23H25N3O5. The van der Waals surface area contributed by atoms with E-state index >= 15 is 0 Å². The summed E-state index contributed by atoms with van der Waals surface area (Å²) in [7, 11) is 1.73. The van der Waals surface area contributed by atoms with Crippen molar-refractivity contribution in [3.8, 4) is 11.4 Å². The van der Waals surface area contributed by atoms with Gasteiger partial charge in [0.05, 0.1) is 18.0 Å². The molecule has 1 heterocycles. The zero-order chi connectivity index (χ0) is 22.2. The average molecular weight is 423 g/mol. The normalized spacial score (nSPS) is 10.5. The van der Waals surface area contributed by atoms with E-state index in [1.807, 2.05) is 48.5 Å². The fraction of sp³-hybridized carbons (Fsp3) is 0.261. The molecule has 0 fully saturated rings. The maximum Gasteiger partial charge on any atom is 0.306 e. The number of nitrogens with zero attached hydrogens (tertiary/aromatic N) is 2. The van der Waals surface area contributed by atoms with Gasteiger partial charge in [-0.05, 0) is 37.6 Å². The van der Waals surface area contributed by atoms with Gasteiger partial charge in [-0.1, -0.05) is 36.4 Å². The highest BCUT2D eigenvalue weighted by Gasteiger charge is 2.18. The molecule has 0 saturated carbocycles. The molecule has 1 N–H and O–H groups in total. The largest absolute Gasteiger partial charge is 0.494 e. The maximum absolute atomic E-state index is 12.8. The van der Waals surface area contributed by atoms with E-state index < -0.39 is 18.5 Å². The van der Waals surface area contributed by atoms with Crippen LogP contribution in [0.5, 0.6) is 5.75 Å². The topological polar surface area (TPSA) is 91.6 Å². The first-order chi connectivity index (χ1) is 15.0. The van der Waals surface area contributed by atoms with Gasteiger partial charge in [0.15, 0.2) is 6.61 Å². The number of aromatic nitrogens is 2. The summed E-state index contributed by atoms with van der Waals surface area (Å²) < 4.78 is 13.6. The number of hydrogen-bond acceptors (Lipinski definition) is 5. The number of carbonyl (C=O) groups is 2. The standard InChI is InChI=1S/C23H25N3O5/c1-17-22(23(29)26(25(17)2)18-10-5-3-6-11-18)24-20(27)16-31-21(28)14-9-15-30-19-12-7-4-8-13-19/h3-8,10-13H,9,14-16H2,1-2H3,(H,24,27). The van der Waals surface area contributed by atoms with E-state index in [0.717, 1.165) is 5.75 Å². The molecule has 1 aromatic heterocycles. The Morgan fingerprint density at radius 3 is 2.32 bits per heavy atom. The lowest BCUT2D eigenvalue weighted by Gasteiger charge is -2.07. The lowest BCUT2D eigenvalue weighted by Crippen LogP contribution is -2.25. The van der Waals surface area contributed by atoms with Crippen molar-refractivity contribution in [2.75, 3.05) is 18.5 Å². The Morgan fingerprint density at radius 1 is 1.00 bits per heavy atom. The molecule has 0 radical (unpaired) electrons. The van der Waals surface area contributed by atoms with E-state index in [-0.39, 0.29) is 17.7 Å². The Bertz CT molecular complexity index is 1090. The summed E-state index contributed by atoms with van der Waals surface area (Å²) >= 11 is 0. The molecule has 0 aliphatic heterocycles. The molecule has 0 bridgehead atoms. The van der Waals surface area contributed by atoms with Crippen molar-refractivity contribution >= 4 is 17.6 Å². The van der Waals surface area contributed by atoms with Crippen molar-refractivity contribution in [2.24, 2.45) is 7.05 Å². The third kappa shape index (κ3) is 5.63. The number of rotatable bonds is 9. The van der Waals surface area contributed by atoms with Gasteiger partial charge in [-0.25, -0.2) is 4.68 Å². The molecule has 3 aromatic rings. The van der Waals surface area contributed by atoms with Gasteiger partial charge in [0.1, 0.15) is 11.4 Å². The van der Waals surface area contributed by atoms with Crippen LogP contribution in [-0.4, -0.2) is 34.5 Å². The van der Waals surface area contributed by atoms with Crippen molar-refractivity contribution in [3.63, 3.8) is 0 Å². The summed E-state index contributed by atoms with van der Waals surface area (Å²) in [5, 5.41) is 2.56. The lowest BCUT2D eigenvalue weighted by molar-refractivity contribution is -0.147. The van der Waals surface area contributed by atoms with Crippen molar-refractivity contribution < 1.29 is 19.1 Å². The molecule has 31 heavy (non-hydrogen) atoms. The molecule has 0 spiro atoms. The molecule has 3 rings (SSSR count). The molecule has 2 aromatic carbocycles. The highest BCUT2D eigenvalue weighted by Crippen LogP contribution is 2.14. The summed E-state index contributed by atoms with van der Waals surface area (Å²) in [6, 6.07) is 18.4. The van der Waals surface area contributed by atoms with Crippen LogP contribution >= 0.6 is 0 Å². The van der Waals surface area contributed by atoms with Crippen molar-refractivity contribution in [2.45, 2.75) is 19.8 Å². The van der Waals surface area contributed by atoms with Gasteiger partial charge in [-0.15, -0.1) is 0 Å². The summed E-state index contributed by atoms with van der Waals surface area (Å²) in [5.74, 6) is -0.340. The second-order valence-corrected chi connectivity index (χ2v) is 6.91. The number of nitrogens with one attached hydrogen (secondary N) is 1. The van der Waals surface area contributed by atoms with Crippen LogP contribution in [0, 0.1) is 6.92 Å². The first kappa shape index (κ1) is 21.9. The summed E-state index contributed by atoms with van der Waals surface area (Å²) in [4.78, 5) is 36.9. The highest BCUT2D eigenvalue weighted by molar-refractivity contribution is 5.93. The predicted octanol–water partition coefficient (Wildman–Crippen LogP) is 2.83. The van der Waals surface area contributed by atoms with Crippen LogP contribution in [0.4, 0.5) is 5.69 Å². The van der Waals surface area contributed by atoms with Gasteiger partial charge < -0.3 is 14.8 Å². The van der Waals surface area contributed by atoms with Crippen LogP contribution in [0.15, 0.2) is 65.5 Å². The second kappa shape index (κ2) is 10.3. The molecule has 0 aliphatic carbocycles. The summed E-state index contributed by atoms with van der Waals surface area (Å²) in [6.45, 7) is 1.64. The number of para-hydroxylation sites is 2. The number of ether oxygens (including phenoxy) is 2. The van der Waals surface area contributed by atoms with Crippen LogP contribution in [0.25, 0.3) is 5.69 Å². The van der Waals surface area contributed by atoms with E-state index in [1.54, 1.807) is 30.8 Å². The van der Waals surface area contributed by atoms with Crippen molar-refractivity contribution in [1.82, 2.24) is 9.36 Å². The molecule has 0 atom stereocenters. The molecule has 8 heteroatoms. The predicted molar refractivity (Wildman–Crippen MR) is 117 cm³/mol. The number of esters is 1. The zero-order valence-electron chi connectivity index (χ0n) is 17.5.